The van der Waals surface area contributed by atoms with Crippen LogP contribution in [0.2, 0.25) is 0 Å². The number of nitrogens with one attached hydrogen (secondary N) is 1. The van der Waals surface area contributed by atoms with Gasteiger partial charge in [-0.3, -0.25) is 19.5 Å². The van der Waals surface area contributed by atoms with Crippen LogP contribution in [-0.4, -0.2) is 56.9 Å². The highest BCUT2D eigenvalue weighted by molar-refractivity contribution is 6.08. The number of nitrogens with zero attached hydrogens (tertiary/aromatic N) is 4. The van der Waals surface area contributed by atoms with Gasteiger partial charge in [0, 0.05) is 31.1 Å². The van der Waals surface area contributed by atoms with Crippen molar-refractivity contribution in [1.29, 1.82) is 0 Å². The van der Waals surface area contributed by atoms with Gasteiger partial charge in [-0.05, 0) is 26.0 Å². The van der Waals surface area contributed by atoms with Gasteiger partial charge in [-0.1, -0.05) is 5.16 Å². The fourth-order valence-electron chi connectivity index (χ4n) is 2.59. The Morgan fingerprint density at radius 2 is 2.00 bits per heavy atom. The van der Waals surface area contributed by atoms with E-state index in [-0.39, 0.29) is 19.0 Å². The van der Waals surface area contributed by atoms with Gasteiger partial charge in [0.1, 0.15) is 17.8 Å². The van der Waals surface area contributed by atoms with Crippen LogP contribution in [0.15, 0.2) is 35.1 Å². The van der Waals surface area contributed by atoms with Crippen LogP contribution >= 0.6 is 0 Å². The van der Waals surface area contributed by atoms with Crippen LogP contribution in [0, 0.1) is 0 Å². The van der Waals surface area contributed by atoms with Gasteiger partial charge < -0.3 is 14.7 Å². The van der Waals surface area contributed by atoms with E-state index in [1.165, 1.54) is 4.90 Å². The van der Waals surface area contributed by atoms with Crippen LogP contribution < -0.4 is 5.32 Å². The molecule has 4 amide bonds. The number of hydrogen-bond donors (Lipinski definition) is 1. The standard InChI is InChI=1S/C17H19N5O4/c1-17(2)15(24)22(16(25)19-17)10-14(23)21(3)9-12-8-13(20-26-12)11-4-6-18-7-5-11/h4-8H,9-10H2,1-3H3,(H,19,25). The van der Waals surface area contributed by atoms with Crippen molar-refractivity contribution >= 4 is 17.8 Å². The van der Waals surface area contributed by atoms with Crippen molar-refractivity contribution in [3.63, 3.8) is 0 Å². The molecule has 0 bridgehead atoms. The van der Waals surface area contributed by atoms with Crippen molar-refractivity contribution in [2.24, 2.45) is 0 Å². The highest BCUT2D eigenvalue weighted by atomic mass is 16.5. The highest BCUT2D eigenvalue weighted by Gasteiger charge is 2.45. The normalized spacial score (nSPS) is 15.9. The maximum Gasteiger partial charge on any atom is 0.325 e. The number of likely N-dealkylation sites (N-methyl/N-ethyl adjacent to an activating group) is 1. The van der Waals surface area contributed by atoms with Gasteiger partial charge in [-0.15, -0.1) is 0 Å². The van der Waals surface area contributed by atoms with Gasteiger partial charge >= 0.3 is 6.03 Å². The van der Waals surface area contributed by atoms with E-state index in [2.05, 4.69) is 15.5 Å². The molecule has 1 N–H and O–H groups in total. The minimum atomic E-state index is -1.000. The van der Waals surface area contributed by atoms with Crippen LogP contribution in [-0.2, 0) is 16.1 Å². The Morgan fingerprint density at radius 1 is 1.31 bits per heavy atom. The zero-order valence-corrected chi connectivity index (χ0v) is 14.7. The summed E-state index contributed by atoms with van der Waals surface area (Å²) in [7, 11) is 1.57. The van der Waals surface area contributed by atoms with Crippen molar-refractivity contribution in [1.82, 2.24) is 25.3 Å². The van der Waals surface area contributed by atoms with E-state index in [1.54, 1.807) is 51.5 Å². The Hall–Kier alpha value is -3.23. The summed E-state index contributed by atoms with van der Waals surface area (Å²) in [6.07, 6.45) is 3.30. The lowest BCUT2D eigenvalue weighted by atomic mass is 10.1. The number of carbonyl (C=O) groups excluding carboxylic acids is 3. The number of amides is 4. The molecule has 1 fully saturated rings. The molecule has 0 atom stereocenters. The van der Waals surface area contributed by atoms with E-state index < -0.39 is 17.5 Å². The van der Waals surface area contributed by atoms with E-state index in [1.807, 2.05) is 0 Å². The maximum atomic E-state index is 12.4. The third-order valence-corrected chi connectivity index (χ3v) is 4.09. The molecule has 2 aromatic heterocycles. The zero-order chi connectivity index (χ0) is 18.9. The summed E-state index contributed by atoms with van der Waals surface area (Å²) in [6, 6.07) is 4.77. The van der Waals surface area contributed by atoms with E-state index in [0.717, 1.165) is 10.5 Å². The molecule has 1 saturated heterocycles. The first-order chi connectivity index (χ1) is 12.3. The molecule has 3 rings (SSSR count). The van der Waals surface area contributed by atoms with Gasteiger partial charge in [0.05, 0.1) is 6.54 Å². The third-order valence-electron chi connectivity index (χ3n) is 4.09. The summed E-state index contributed by atoms with van der Waals surface area (Å²) in [6.45, 7) is 3.03. The topological polar surface area (TPSA) is 109 Å². The lowest BCUT2D eigenvalue weighted by Crippen LogP contribution is -2.43. The zero-order valence-electron chi connectivity index (χ0n) is 14.7. The van der Waals surface area contributed by atoms with E-state index in [4.69, 9.17) is 4.52 Å². The first-order valence-electron chi connectivity index (χ1n) is 8.02. The predicted octanol–water partition coefficient (Wildman–Crippen LogP) is 1.03. The fourth-order valence-corrected chi connectivity index (χ4v) is 2.59. The summed E-state index contributed by atoms with van der Waals surface area (Å²) in [5, 5.41) is 6.52. The van der Waals surface area contributed by atoms with Gasteiger partial charge in [0.25, 0.3) is 5.91 Å². The summed E-state index contributed by atoms with van der Waals surface area (Å²) in [5.41, 5.74) is 0.491. The number of pyridine rings is 1. The number of carbonyl (C=O) groups is 3. The molecule has 0 saturated carbocycles. The van der Waals surface area contributed by atoms with Crippen LogP contribution in [0.1, 0.15) is 19.6 Å². The molecule has 0 radical (unpaired) electrons. The molecule has 2 aromatic rings. The van der Waals surface area contributed by atoms with E-state index in [9.17, 15) is 14.4 Å². The highest BCUT2D eigenvalue weighted by Crippen LogP contribution is 2.19. The Labute approximate surface area is 150 Å². The van der Waals surface area contributed by atoms with Crippen molar-refractivity contribution in [3.05, 3.63) is 36.4 Å². The van der Waals surface area contributed by atoms with Crippen LogP contribution in [0.3, 0.4) is 0 Å². The smallest absolute Gasteiger partial charge is 0.325 e. The Kier molecular flexibility index (Phi) is 4.45. The summed E-state index contributed by atoms with van der Waals surface area (Å²) < 4.78 is 5.26. The molecule has 0 aliphatic carbocycles. The van der Waals surface area contributed by atoms with Crippen molar-refractivity contribution in [3.8, 4) is 11.3 Å². The second-order valence-electron chi connectivity index (χ2n) is 6.61. The molecule has 1 aliphatic rings. The third kappa shape index (κ3) is 3.41. The van der Waals surface area contributed by atoms with Gasteiger partial charge in [0.2, 0.25) is 5.91 Å². The summed E-state index contributed by atoms with van der Waals surface area (Å²) >= 11 is 0. The molecule has 9 nitrogen and oxygen atoms in total. The molecule has 26 heavy (non-hydrogen) atoms. The van der Waals surface area contributed by atoms with E-state index in [0.29, 0.717) is 11.5 Å². The maximum absolute atomic E-state index is 12.4. The molecule has 9 heteroatoms. The first-order valence-corrected chi connectivity index (χ1v) is 8.02. The molecule has 3 heterocycles. The largest absolute Gasteiger partial charge is 0.359 e. The van der Waals surface area contributed by atoms with Gasteiger partial charge in [-0.2, -0.15) is 0 Å². The number of aromatic nitrogens is 2. The van der Waals surface area contributed by atoms with Crippen molar-refractivity contribution in [2.75, 3.05) is 13.6 Å². The fraction of sp³-hybridized carbons (Fsp3) is 0.353. The second-order valence-corrected chi connectivity index (χ2v) is 6.61. The predicted molar refractivity (Wildman–Crippen MR) is 90.5 cm³/mol. The summed E-state index contributed by atoms with van der Waals surface area (Å²) in [5.74, 6) is -0.317. The van der Waals surface area contributed by atoms with Crippen molar-refractivity contribution < 1.29 is 18.9 Å². The Balaban J connectivity index is 1.63. The lowest BCUT2D eigenvalue weighted by molar-refractivity contribution is -0.138. The minimum absolute atomic E-state index is 0.171. The number of imide groups is 1. The van der Waals surface area contributed by atoms with Gasteiger partial charge in [-0.25, -0.2) is 4.79 Å². The minimum Gasteiger partial charge on any atom is -0.359 e. The van der Waals surface area contributed by atoms with Crippen LogP contribution in [0.5, 0.6) is 0 Å². The van der Waals surface area contributed by atoms with E-state index >= 15 is 0 Å². The number of hydrogen-bond acceptors (Lipinski definition) is 6. The van der Waals surface area contributed by atoms with Crippen molar-refractivity contribution in [2.45, 2.75) is 25.9 Å². The molecule has 1 aliphatic heterocycles. The van der Waals surface area contributed by atoms with Crippen LogP contribution in [0.25, 0.3) is 11.3 Å². The second kappa shape index (κ2) is 6.58. The lowest BCUT2D eigenvalue weighted by Gasteiger charge is -2.19. The first kappa shape index (κ1) is 17.6. The summed E-state index contributed by atoms with van der Waals surface area (Å²) in [4.78, 5) is 42.6. The molecule has 0 aromatic carbocycles. The molecular weight excluding hydrogens is 338 g/mol. The average Bonchev–Trinajstić information content (AvgIpc) is 3.14. The molecule has 136 valence electrons. The Morgan fingerprint density at radius 3 is 2.62 bits per heavy atom. The van der Waals surface area contributed by atoms with Gasteiger partial charge in [0.15, 0.2) is 5.76 Å². The quantitative estimate of drug-likeness (QED) is 0.801. The Bertz CT molecular complexity index is 846. The molecule has 0 unspecified atom stereocenters. The number of urea groups is 1. The van der Waals surface area contributed by atoms with Crippen LogP contribution in [0.4, 0.5) is 4.79 Å². The SMILES string of the molecule is CN(Cc1cc(-c2ccncc2)no1)C(=O)CN1C(=O)NC(C)(C)C1=O. The monoisotopic (exact) mass is 357 g/mol. The number of rotatable bonds is 5. The average molecular weight is 357 g/mol. The molecular formula is C17H19N5O4. The molecule has 0 spiro atoms.